The van der Waals surface area contributed by atoms with Crippen molar-refractivity contribution in [3.8, 4) is 11.3 Å². The molecule has 5 aromatic rings. The van der Waals surface area contributed by atoms with Gasteiger partial charge in [-0.15, -0.1) is 11.3 Å². The molecule has 1 amide bonds. The summed E-state index contributed by atoms with van der Waals surface area (Å²) in [5.74, 6) is -0.207. The molecule has 3 aromatic heterocycles. The number of thiophene rings is 1. The molecule has 5 rings (SSSR count). The molecule has 0 saturated carbocycles. The van der Waals surface area contributed by atoms with Crippen LogP contribution in [0.25, 0.3) is 27.8 Å². The number of nitrogens with one attached hydrogen (secondary N) is 2. The molecular weight excluding hydrogens is 398 g/mol. The lowest BCUT2D eigenvalue weighted by Gasteiger charge is -2.06. The molecule has 0 atom stereocenters. The van der Waals surface area contributed by atoms with E-state index in [2.05, 4.69) is 20.6 Å². The Hall–Kier alpha value is -3.78. The Balaban J connectivity index is 1.58. The second-order valence-electron chi connectivity index (χ2n) is 7.00. The predicted molar refractivity (Wildman–Crippen MR) is 117 cm³/mol. The Kier molecular flexibility index (Phi) is 4.40. The fraction of sp³-hybridized carbons (Fsp3) is 0.0909. The standard InChI is InChI=1S/C22H17N5O2S/c1-13-4-6-14(7-5-13)19-20-24-22(29)17-9-8-15(11-18(17)27(20)26-25-19)21(28)23-12-16-3-2-10-30-16/h2-11,26H,12H2,1H3,(H,23,28). The van der Waals surface area contributed by atoms with E-state index in [9.17, 15) is 9.59 Å². The van der Waals surface area contributed by atoms with Crippen molar-refractivity contribution in [1.82, 2.24) is 25.1 Å². The van der Waals surface area contributed by atoms with Crippen molar-refractivity contribution in [2.24, 2.45) is 0 Å². The van der Waals surface area contributed by atoms with E-state index in [0.717, 1.165) is 16.0 Å². The summed E-state index contributed by atoms with van der Waals surface area (Å²) >= 11 is 1.59. The Labute approximate surface area is 175 Å². The van der Waals surface area contributed by atoms with Gasteiger partial charge in [0.05, 0.1) is 17.4 Å². The van der Waals surface area contributed by atoms with Crippen LogP contribution in [0, 0.1) is 6.92 Å². The first-order valence-electron chi connectivity index (χ1n) is 9.39. The highest BCUT2D eigenvalue weighted by molar-refractivity contribution is 7.09. The molecule has 2 aromatic carbocycles. The van der Waals surface area contributed by atoms with Crippen LogP contribution in [-0.4, -0.2) is 25.7 Å². The average Bonchev–Trinajstić information content (AvgIpc) is 3.42. The van der Waals surface area contributed by atoms with E-state index in [4.69, 9.17) is 0 Å². The number of fused-ring (bicyclic) bond motifs is 3. The molecule has 0 saturated heterocycles. The number of carbonyl (C=O) groups is 1. The first-order valence-corrected chi connectivity index (χ1v) is 10.3. The predicted octanol–water partition coefficient (Wildman–Crippen LogP) is 3.54. The molecule has 0 spiro atoms. The zero-order valence-electron chi connectivity index (χ0n) is 16.0. The second-order valence-corrected chi connectivity index (χ2v) is 8.03. The summed E-state index contributed by atoms with van der Waals surface area (Å²) in [5.41, 5.74) is 3.66. The SMILES string of the molecule is Cc1ccc(-c2n[nH]n3c2nc(=O)c2ccc(C(=O)NCc4cccs4)cc23)cc1. The van der Waals surface area contributed by atoms with Gasteiger partial charge in [-0.1, -0.05) is 35.9 Å². The van der Waals surface area contributed by atoms with Gasteiger partial charge < -0.3 is 5.32 Å². The molecule has 0 aliphatic heterocycles. The topological polar surface area (TPSA) is 92.2 Å². The summed E-state index contributed by atoms with van der Waals surface area (Å²) in [6, 6.07) is 16.7. The number of benzene rings is 2. The maximum Gasteiger partial charge on any atom is 0.281 e. The quantitative estimate of drug-likeness (QED) is 0.470. The number of hydrogen-bond acceptors (Lipinski definition) is 5. The summed E-state index contributed by atoms with van der Waals surface area (Å²) in [6.45, 7) is 2.47. The number of aromatic amines is 1. The van der Waals surface area contributed by atoms with Gasteiger partial charge >= 0.3 is 0 Å². The smallest absolute Gasteiger partial charge is 0.281 e. The van der Waals surface area contributed by atoms with Crippen LogP contribution >= 0.6 is 11.3 Å². The highest BCUT2D eigenvalue weighted by Gasteiger charge is 2.15. The monoisotopic (exact) mass is 415 g/mol. The minimum Gasteiger partial charge on any atom is -0.347 e. The average molecular weight is 415 g/mol. The molecule has 148 valence electrons. The van der Waals surface area contributed by atoms with Gasteiger partial charge in [0.15, 0.2) is 5.65 Å². The third-order valence-electron chi connectivity index (χ3n) is 4.95. The molecule has 0 unspecified atom stereocenters. The largest absolute Gasteiger partial charge is 0.347 e. The molecule has 0 aliphatic carbocycles. The molecule has 8 heteroatoms. The van der Waals surface area contributed by atoms with Crippen molar-refractivity contribution in [3.63, 3.8) is 0 Å². The maximum atomic E-state index is 12.6. The van der Waals surface area contributed by atoms with Crippen molar-refractivity contribution in [3.05, 3.63) is 86.3 Å². The lowest BCUT2D eigenvalue weighted by Crippen LogP contribution is -2.22. The molecule has 0 fully saturated rings. The fourth-order valence-electron chi connectivity index (χ4n) is 3.36. The Morgan fingerprint density at radius 1 is 1.17 bits per heavy atom. The van der Waals surface area contributed by atoms with Crippen LogP contribution in [0.15, 0.2) is 64.8 Å². The minimum atomic E-state index is -0.356. The number of rotatable bonds is 4. The molecule has 0 radical (unpaired) electrons. The van der Waals surface area contributed by atoms with E-state index in [1.165, 1.54) is 0 Å². The molecule has 3 heterocycles. The summed E-state index contributed by atoms with van der Waals surface area (Å²) < 4.78 is 1.64. The van der Waals surface area contributed by atoms with Gasteiger partial charge in [0.1, 0.15) is 5.69 Å². The van der Waals surface area contributed by atoms with E-state index in [-0.39, 0.29) is 11.5 Å². The van der Waals surface area contributed by atoms with Crippen molar-refractivity contribution >= 4 is 33.8 Å². The van der Waals surface area contributed by atoms with E-state index in [1.807, 2.05) is 48.7 Å². The van der Waals surface area contributed by atoms with Crippen LogP contribution in [0.5, 0.6) is 0 Å². The van der Waals surface area contributed by atoms with Crippen molar-refractivity contribution in [2.45, 2.75) is 13.5 Å². The molecular formula is C22H17N5O2S. The summed E-state index contributed by atoms with van der Waals surface area (Å²) in [6.07, 6.45) is 0. The number of hydrogen-bond donors (Lipinski definition) is 2. The number of amides is 1. The number of aryl methyl sites for hydroxylation is 1. The van der Waals surface area contributed by atoms with Crippen LogP contribution in [0.3, 0.4) is 0 Å². The van der Waals surface area contributed by atoms with E-state index in [1.54, 1.807) is 34.1 Å². The summed E-state index contributed by atoms with van der Waals surface area (Å²) in [7, 11) is 0. The van der Waals surface area contributed by atoms with Crippen molar-refractivity contribution in [1.29, 1.82) is 0 Å². The zero-order valence-corrected chi connectivity index (χ0v) is 16.9. The van der Waals surface area contributed by atoms with E-state index >= 15 is 0 Å². The van der Waals surface area contributed by atoms with Crippen LogP contribution in [0.2, 0.25) is 0 Å². The molecule has 7 nitrogen and oxygen atoms in total. The lowest BCUT2D eigenvalue weighted by molar-refractivity contribution is 0.0951. The van der Waals surface area contributed by atoms with Gasteiger partial charge in [0, 0.05) is 16.0 Å². The Morgan fingerprint density at radius 3 is 2.77 bits per heavy atom. The molecule has 0 bridgehead atoms. The first-order chi connectivity index (χ1) is 14.6. The normalized spacial score (nSPS) is 11.2. The van der Waals surface area contributed by atoms with Gasteiger partial charge in [-0.3, -0.25) is 9.59 Å². The summed E-state index contributed by atoms with van der Waals surface area (Å²) in [5, 5.41) is 12.6. The van der Waals surface area contributed by atoms with Crippen LogP contribution < -0.4 is 10.9 Å². The Bertz CT molecular complexity index is 1430. The van der Waals surface area contributed by atoms with Gasteiger partial charge in [-0.2, -0.15) is 10.1 Å². The highest BCUT2D eigenvalue weighted by Crippen LogP contribution is 2.23. The zero-order chi connectivity index (χ0) is 20.7. The van der Waals surface area contributed by atoms with Gasteiger partial charge in [-0.25, -0.2) is 9.73 Å². The second kappa shape index (κ2) is 7.23. The first kappa shape index (κ1) is 18.3. The molecule has 0 aliphatic rings. The van der Waals surface area contributed by atoms with Crippen molar-refractivity contribution < 1.29 is 4.79 Å². The van der Waals surface area contributed by atoms with Crippen LogP contribution in [0.4, 0.5) is 0 Å². The van der Waals surface area contributed by atoms with Gasteiger partial charge in [0.25, 0.3) is 11.5 Å². The van der Waals surface area contributed by atoms with Crippen LogP contribution in [0.1, 0.15) is 20.8 Å². The van der Waals surface area contributed by atoms with Gasteiger partial charge in [0.2, 0.25) is 0 Å². The van der Waals surface area contributed by atoms with Gasteiger partial charge in [-0.05, 0) is 36.6 Å². The number of nitrogens with zero attached hydrogens (tertiary/aromatic N) is 3. The minimum absolute atomic E-state index is 0.207. The lowest BCUT2D eigenvalue weighted by atomic mass is 10.1. The highest BCUT2D eigenvalue weighted by atomic mass is 32.1. The fourth-order valence-corrected chi connectivity index (χ4v) is 4.00. The third kappa shape index (κ3) is 3.17. The summed E-state index contributed by atoms with van der Waals surface area (Å²) in [4.78, 5) is 30.5. The number of H-pyrrole nitrogens is 1. The van der Waals surface area contributed by atoms with Crippen molar-refractivity contribution in [2.75, 3.05) is 0 Å². The maximum absolute atomic E-state index is 12.6. The van der Waals surface area contributed by atoms with Crippen LogP contribution in [-0.2, 0) is 6.54 Å². The van der Waals surface area contributed by atoms with E-state index in [0.29, 0.717) is 34.4 Å². The molecule has 2 N–H and O–H groups in total. The number of carbonyl (C=O) groups excluding carboxylic acids is 1. The Morgan fingerprint density at radius 2 is 2.00 bits per heavy atom. The third-order valence-corrected chi connectivity index (χ3v) is 5.83. The number of aromatic nitrogens is 4. The van der Waals surface area contributed by atoms with E-state index < -0.39 is 0 Å². The molecule has 30 heavy (non-hydrogen) atoms.